The fourth-order valence-corrected chi connectivity index (χ4v) is 4.47. The van der Waals surface area contributed by atoms with Crippen molar-refractivity contribution in [2.75, 3.05) is 11.9 Å². The third kappa shape index (κ3) is 5.03. The Morgan fingerprint density at radius 3 is 2.17 bits per heavy atom. The molecule has 0 atom stereocenters. The lowest BCUT2D eigenvalue weighted by Gasteiger charge is -2.20. The van der Waals surface area contributed by atoms with Crippen LogP contribution in [-0.4, -0.2) is 25.2 Å². The third-order valence-corrected chi connectivity index (χ3v) is 6.70. The lowest BCUT2D eigenvalue weighted by molar-refractivity contribution is 0.102. The fourth-order valence-electron chi connectivity index (χ4n) is 2.83. The van der Waals surface area contributed by atoms with Gasteiger partial charge in [-0.15, -0.1) is 0 Å². The Kier molecular flexibility index (Phi) is 6.69. The molecule has 0 bridgehead atoms. The molecule has 0 aliphatic carbocycles. The Balaban J connectivity index is 1.72. The van der Waals surface area contributed by atoms with Gasteiger partial charge in [-0.3, -0.25) is 4.79 Å². The molecule has 1 N–H and O–H groups in total. The van der Waals surface area contributed by atoms with Crippen LogP contribution in [0.15, 0.2) is 83.8 Å². The number of nitrogens with zero attached hydrogens (tertiary/aromatic N) is 1. The molecule has 29 heavy (non-hydrogen) atoms. The van der Waals surface area contributed by atoms with Crippen LogP contribution in [0.4, 0.5) is 5.69 Å². The monoisotopic (exact) mass is 428 g/mol. The van der Waals surface area contributed by atoms with E-state index in [2.05, 4.69) is 5.32 Å². The van der Waals surface area contributed by atoms with Crippen LogP contribution in [0, 0.1) is 0 Å². The number of amides is 1. The lowest BCUT2D eigenvalue weighted by Crippen LogP contribution is -2.30. The molecule has 0 heterocycles. The van der Waals surface area contributed by atoms with Gasteiger partial charge in [0, 0.05) is 18.7 Å². The molecule has 3 aromatic carbocycles. The van der Waals surface area contributed by atoms with Gasteiger partial charge in [0.2, 0.25) is 10.0 Å². The quantitative estimate of drug-likeness (QED) is 0.587. The summed E-state index contributed by atoms with van der Waals surface area (Å²) in [6.45, 7) is 2.36. The molecule has 7 heteroatoms. The summed E-state index contributed by atoms with van der Waals surface area (Å²) in [4.78, 5) is 12.7. The molecule has 0 aliphatic rings. The van der Waals surface area contributed by atoms with Crippen molar-refractivity contribution < 1.29 is 13.2 Å². The van der Waals surface area contributed by atoms with Crippen molar-refractivity contribution in [3.05, 3.63) is 95.0 Å². The topological polar surface area (TPSA) is 66.5 Å². The average Bonchev–Trinajstić information content (AvgIpc) is 2.74. The highest BCUT2D eigenvalue weighted by Crippen LogP contribution is 2.22. The van der Waals surface area contributed by atoms with Crippen molar-refractivity contribution in [2.45, 2.75) is 18.4 Å². The van der Waals surface area contributed by atoms with Crippen molar-refractivity contribution >= 4 is 33.2 Å². The second-order valence-corrected chi connectivity index (χ2v) is 8.72. The van der Waals surface area contributed by atoms with Gasteiger partial charge in [-0.2, -0.15) is 4.31 Å². The summed E-state index contributed by atoms with van der Waals surface area (Å²) < 4.78 is 27.1. The highest BCUT2D eigenvalue weighted by Gasteiger charge is 2.23. The number of para-hydroxylation sites is 1. The Bertz CT molecular complexity index is 1080. The predicted octanol–water partition coefficient (Wildman–Crippen LogP) is 4.80. The summed E-state index contributed by atoms with van der Waals surface area (Å²) in [5, 5.41) is 3.23. The summed E-state index contributed by atoms with van der Waals surface area (Å²) in [6.07, 6.45) is 0. The van der Waals surface area contributed by atoms with Crippen molar-refractivity contribution in [2.24, 2.45) is 0 Å². The van der Waals surface area contributed by atoms with E-state index in [0.717, 1.165) is 5.56 Å². The number of sulfonamides is 1. The van der Waals surface area contributed by atoms with E-state index in [4.69, 9.17) is 11.6 Å². The molecule has 1 amide bonds. The molecule has 150 valence electrons. The second kappa shape index (κ2) is 9.22. The van der Waals surface area contributed by atoms with Crippen molar-refractivity contribution in [1.82, 2.24) is 4.31 Å². The summed E-state index contributed by atoms with van der Waals surface area (Å²) >= 11 is 6.07. The molecule has 0 aliphatic heterocycles. The van der Waals surface area contributed by atoms with Crippen LogP contribution in [0.5, 0.6) is 0 Å². The van der Waals surface area contributed by atoms with Crippen molar-refractivity contribution in [3.63, 3.8) is 0 Å². The number of anilines is 1. The maximum absolute atomic E-state index is 12.8. The maximum atomic E-state index is 12.8. The molecule has 3 rings (SSSR count). The lowest BCUT2D eigenvalue weighted by atomic mass is 10.1. The first-order chi connectivity index (χ1) is 13.9. The van der Waals surface area contributed by atoms with Crippen molar-refractivity contribution in [1.29, 1.82) is 0 Å². The molecule has 5 nitrogen and oxygen atoms in total. The summed E-state index contributed by atoms with van der Waals surface area (Å²) in [6, 6.07) is 22.2. The van der Waals surface area contributed by atoms with E-state index in [0.29, 0.717) is 22.8 Å². The molecule has 3 aromatic rings. The first kappa shape index (κ1) is 21.0. The minimum atomic E-state index is -3.58. The van der Waals surface area contributed by atoms with Gasteiger partial charge in [0.25, 0.3) is 5.91 Å². The van der Waals surface area contributed by atoms with Crippen LogP contribution in [0.1, 0.15) is 22.8 Å². The zero-order valence-corrected chi connectivity index (χ0v) is 17.5. The predicted molar refractivity (Wildman–Crippen MR) is 116 cm³/mol. The van der Waals surface area contributed by atoms with Gasteiger partial charge in [0.1, 0.15) is 0 Å². The number of rotatable bonds is 7. The number of hydrogen-bond donors (Lipinski definition) is 1. The molecule has 0 fully saturated rings. The van der Waals surface area contributed by atoms with E-state index >= 15 is 0 Å². The molecule has 0 unspecified atom stereocenters. The summed E-state index contributed by atoms with van der Waals surface area (Å²) in [5.74, 6) is -0.283. The zero-order valence-electron chi connectivity index (χ0n) is 15.9. The number of hydrogen-bond acceptors (Lipinski definition) is 3. The van der Waals surface area contributed by atoms with Gasteiger partial charge in [-0.05, 0) is 42.0 Å². The van der Waals surface area contributed by atoms with Crippen LogP contribution >= 0.6 is 11.6 Å². The summed E-state index contributed by atoms with van der Waals surface area (Å²) in [5.41, 5.74) is 1.79. The normalized spacial score (nSPS) is 11.4. The van der Waals surface area contributed by atoms with Crippen LogP contribution in [0.25, 0.3) is 0 Å². The zero-order chi connectivity index (χ0) is 20.9. The molecule has 0 radical (unpaired) electrons. The first-order valence-electron chi connectivity index (χ1n) is 9.12. The minimum Gasteiger partial charge on any atom is -0.321 e. The van der Waals surface area contributed by atoms with E-state index in [9.17, 15) is 13.2 Å². The third-order valence-electron chi connectivity index (χ3n) is 4.43. The molecule has 0 saturated carbocycles. The van der Waals surface area contributed by atoms with Crippen LogP contribution < -0.4 is 5.32 Å². The Hall–Kier alpha value is -2.67. The van der Waals surface area contributed by atoms with E-state index in [-0.39, 0.29) is 17.3 Å². The molecule has 0 saturated heterocycles. The molecule has 0 aromatic heterocycles. The van der Waals surface area contributed by atoms with Gasteiger partial charge in [0.15, 0.2) is 0 Å². The number of nitrogens with one attached hydrogen (secondary N) is 1. The number of carbonyl (C=O) groups is 1. The Morgan fingerprint density at radius 2 is 1.55 bits per heavy atom. The highest BCUT2D eigenvalue weighted by atomic mass is 35.5. The second-order valence-electron chi connectivity index (χ2n) is 6.38. The van der Waals surface area contributed by atoms with Crippen LogP contribution in [-0.2, 0) is 16.6 Å². The fraction of sp³-hybridized carbons (Fsp3) is 0.136. The molecule has 0 spiro atoms. The van der Waals surface area contributed by atoms with Crippen LogP contribution in [0.2, 0.25) is 5.02 Å². The first-order valence-corrected chi connectivity index (χ1v) is 10.9. The average molecular weight is 429 g/mol. The van der Waals surface area contributed by atoms with Gasteiger partial charge >= 0.3 is 0 Å². The van der Waals surface area contributed by atoms with E-state index in [1.54, 1.807) is 85.8 Å². The Labute approximate surface area is 176 Å². The van der Waals surface area contributed by atoms with Crippen LogP contribution in [0.3, 0.4) is 0 Å². The van der Waals surface area contributed by atoms with Crippen molar-refractivity contribution in [3.8, 4) is 0 Å². The van der Waals surface area contributed by atoms with E-state index < -0.39 is 10.0 Å². The molecular weight excluding hydrogens is 408 g/mol. The number of carbonyl (C=O) groups excluding carboxylic acids is 1. The Morgan fingerprint density at radius 1 is 0.931 bits per heavy atom. The van der Waals surface area contributed by atoms with Gasteiger partial charge in [0.05, 0.1) is 15.6 Å². The largest absolute Gasteiger partial charge is 0.321 e. The maximum Gasteiger partial charge on any atom is 0.255 e. The van der Waals surface area contributed by atoms with Gasteiger partial charge in [-0.1, -0.05) is 61.0 Å². The number of halogens is 1. The molecular formula is C22H21ClN2O3S. The SMILES string of the molecule is CCN(Cc1ccc(C(=O)Nc2ccccc2Cl)cc1)S(=O)(=O)c1ccccc1. The summed E-state index contributed by atoms with van der Waals surface area (Å²) in [7, 11) is -3.58. The van der Waals surface area contributed by atoms with Gasteiger partial charge in [-0.25, -0.2) is 8.42 Å². The number of benzene rings is 3. The highest BCUT2D eigenvalue weighted by molar-refractivity contribution is 7.89. The van der Waals surface area contributed by atoms with E-state index in [1.807, 2.05) is 0 Å². The standard InChI is InChI=1S/C22H21ClN2O3S/c1-2-25(29(27,28)19-8-4-3-5-9-19)16-17-12-14-18(15-13-17)22(26)24-21-11-7-6-10-20(21)23/h3-15H,2,16H2,1H3,(H,24,26). The smallest absolute Gasteiger partial charge is 0.255 e. The minimum absolute atomic E-state index is 0.222. The van der Waals surface area contributed by atoms with E-state index in [1.165, 1.54) is 4.31 Å². The van der Waals surface area contributed by atoms with Gasteiger partial charge < -0.3 is 5.32 Å².